The first kappa shape index (κ1) is 23.1. The van der Waals surface area contributed by atoms with Crippen molar-refractivity contribution < 1.29 is 9.47 Å². The Morgan fingerprint density at radius 2 is 1.59 bits per heavy atom. The molecule has 0 aliphatic carbocycles. The van der Waals surface area contributed by atoms with E-state index in [2.05, 4.69) is 17.5 Å². The lowest BCUT2D eigenvalue weighted by molar-refractivity contribution is 0.270. The van der Waals surface area contributed by atoms with Gasteiger partial charge in [-0.05, 0) is 61.4 Å². The van der Waals surface area contributed by atoms with E-state index in [0.29, 0.717) is 11.6 Å². The molecule has 0 bridgehead atoms. The number of halogens is 1. The van der Waals surface area contributed by atoms with Crippen molar-refractivity contribution in [3.05, 3.63) is 53.1 Å². The standard InChI is InChI=1S/C24H33ClN2O2/c1-3-5-6-7-8-9-10-17-29-23-16-11-20(18-24(23)28-4-2)19-26-27-22-14-12-21(25)13-15-22/h11-16,18-19,27H,3-10,17H2,1-2H3/b26-19+. The van der Waals surface area contributed by atoms with Crippen molar-refractivity contribution in [2.45, 2.75) is 58.8 Å². The van der Waals surface area contributed by atoms with Crippen LogP contribution in [0.2, 0.25) is 5.02 Å². The molecule has 158 valence electrons. The van der Waals surface area contributed by atoms with Crippen LogP contribution >= 0.6 is 11.6 Å². The molecule has 0 atom stereocenters. The molecule has 0 spiro atoms. The summed E-state index contributed by atoms with van der Waals surface area (Å²) in [6, 6.07) is 13.3. The van der Waals surface area contributed by atoms with Gasteiger partial charge in [0.1, 0.15) is 0 Å². The molecule has 0 radical (unpaired) electrons. The summed E-state index contributed by atoms with van der Waals surface area (Å²) < 4.78 is 11.7. The number of hydrogen-bond acceptors (Lipinski definition) is 4. The van der Waals surface area contributed by atoms with Crippen LogP contribution in [0.3, 0.4) is 0 Å². The van der Waals surface area contributed by atoms with Crippen molar-refractivity contribution in [1.29, 1.82) is 0 Å². The smallest absolute Gasteiger partial charge is 0.161 e. The van der Waals surface area contributed by atoms with Crippen LogP contribution in [0, 0.1) is 0 Å². The van der Waals surface area contributed by atoms with E-state index in [1.165, 1.54) is 38.5 Å². The largest absolute Gasteiger partial charge is 0.490 e. The summed E-state index contributed by atoms with van der Waals surface area (Å²) in [5, 5.41) is 4.98. The van der Waals surface area contributed by atoms with Crippen LogP contribution in [0.4, 0.5) is 5.69 Å². The number of nitrogens with zero attached hydrogens (tertiary/aromatic N) is 1. The van der Waals surface area contributed by atoms with Crippen LogP contribution in [-0.4, -0.2) is 19.4 Å². The normalized spacial score (nSPS) is 11.0. The minimum Gasteiger partial charge on any atom is -0.490 e. The fourth-order valence-electron chi connectivity index (χ4n) is 2.94. The van der Waals surface area contributed by atoms with Gasteiger partial charge in [0, 0.05) is 5.02 Å². The number of anilines is 1. The number of benzene rings is 2. The van der Waals surface area contributed by atoms with Crippen LogP contribution in [0.15, 0.2) is 47.6 Å². The van der Waals surface area contributed by atoms with Gasteiger partial charge in [0.25, 0.3) is 0 Å². The second-order valence-electron chi connectivity index (χ2n) is 6.99. The topological polar surface area (TPSA) is 42.8 Å². The predicted molar refractivity (Wildman–Crippen MR) is 124 cm³/mol. The van der Waals surface area contributed by atoms with Crippen molar-refractivity contribution in [1.82, 2.24) is 0 Å². The molecule has 2 aromatic carbocycles. The predicted octanol–water partition coefficient (Wildman–Crippen LogP) is 7.31. The van der Waals surface area contributed by atoms with Gasteiger partial charge < -0.3 is 9.47 Å². The third-order valence-electron chi connectivity index (χ3n) is 4.52. The molecule has 0 heterocycles. The maximum Gasteiger partial charge on any atom is 0.161 e. The van der Waals surface area contributed by atoms with Crippen molar-refractivity contribution in [2.24, 2.45) is 5.10 Å². The second kappa shape index (κ2) is 13.9. The number of rotatable bonds is 14. The van der Waals surface area contributed by atoms with Gasteiger partial charge in [0.05, 0.1) is 25.1 Å². The van der Waals surface area contributed by atoms with Crippen molar-refractivity contribution in [3.8, 4) is 11.5 Å². The maximum atomic E-state index is 5.96. The van der Waals surface area contributed by atoms with Crippen LogP contribution in [0.25, 0.3) is 0 Å². The van der Waals surface area contributed by atoms with E-state index in [9.17, 15) is 0 Å². The highest BCUT2D eigenvalue weighted by Crippen LogP contribution is 2.28. The first-order chi connectivity index (χ1) is 14.2. The highest BCUT2D eigenvalue weighted by Gasteiger charge is 2.06. The number of hydrogen-bond donors (Lipinski definition) is 1. The average molecular weight is 417 g/mol. The minimum atomic E-state index is 0.595. The van der Waals surface area contributed by atoms with E-state index >= 15 is 0 Å². The third kappa shape index (κ3) is 9.23. The maximum absolute atomic E-state index is 5.96. The van der Waals surface area contributed by atoms with Gasteiger partial charge in [-0.2, -0.15) is 5.10 Å². The molecule has 0 unspecified atom stereocenters. The summed E-state index contributed by atoms with van der Waals surface area (Å²) in [5.74, 6) is 1.55. The zero-order valence-corrected chi connectivity index (χ0v) is 18.4. The summed E-state index contributed by atoms with van der Waals surface area (Å²) in [5.41, 5.74) is 4.81. The van der Waals surface area contributed by atoms with E-state index in [0.717, 1.165) is 35.8 Å². The molecule has 0 saturated carbocycles. The Morgan fingerprint density at radius 3 is 2.31 bits per heavy atom. The van der Waals surface area contributed by atoms with Crippen LogP contribution in [0.5, 0.6) is 11.5 Å². The lowest BCUT2D eigenvalue weighted by Crippen LogP contribution is -2.02. The Labute approximate surface area is 180 Å². The molecule has 29 heavy (non-hydrogen) atoms. The molecule has 1 N–H and O–H groups in total. The SMILES string of the molecule is CCCCCCCCCOc1ccc(/C=N/Nc2ccc(Cl)cc2)cc1OCC. The molecule has 0 aliphatic heterocycles. The van der Waals surface area contributed by atoms with Gasteiger partial charge in [-0.3, -0.25) is 5.43 Å². The van der Waals surface area contributed by atoms with E-state index < -0.39 is 0 Å². The highest BCUT2D eigenvalue weighted by atomic mass is 35.5. The van der Waals surface area contributed by atoms with E-state index in [1.54, 1.807) is 6.21 Å². The Kier molecular flexibility index (Phi) is 11.1. The van der Waals surface area contributed by atoms with Gasteiger partial charge in [-0.25, -0.2) is 0 Å². The second-order valence-corrected chi connectivity index (χ2v) is 7.42. The van der Waals surface area contributed by atoms with Crippen LogP contribution in [-0.2, 0) is 0 Å². The summed E-state index contributed by atoms with van der Waals surface area (Å²) in [7, 11) is 0. The van der Waals surface area contributed by atoms with Gasteiger partial charge in [-0.15, -0.1) is 0 Å². The summed E-state index contributed by atoms with van der Waals surface area (Å²) in [6.07, 6.45) is 10.7. The molecule has 2 rings (SSSR count). The molecule has 0 saturated heterocycles. The van der Waals surface area contributed by atoms with Gasteiger partial charge in [0.2, 0.25) is 0 Å². The van der Waals surface area contributed by atoms with Gasteiger partial charge in [-0.1, -0.05) is 57.0 Å². The van der Waals surface area contributed by atoms with Gasteiger partial charge in [0.15, 0.2) is 11.5 Å². The molecular weight excluding hydrogens is 384 g/mol. The van der Waals surface area contributed by atoms with E-state index in [-0.39, 0.29) is 0 Å². The number of hydrazone groups is 1. The Morgan fingerprint density at radius 1 is 0.862 bits per heavy atom. The van der Waals surface area contributed by atoms with Crippen LogP contribution < -0.4 is 14.9 Å². The van der Waals surface area contributed by atoms with E-state index in [4.69, 9.17) is 21.1 Å². The zero-order chi connectivity index (χ0) is 20.7. The molecule has 5 heteroatoms. The van der Waals surface area contributed by atoms with Crippen molar-refractivity contribution >= 4 is 23.5 Å². The number of ether oxygens (including phenoxy) is 2. The Bertz CT molecular complexity index is 732. The minimum absolute atomic E-state index is 0.595. The molecule has 0 fully saturated rings. The quantitative estimate of drug-likeness (QED) is 0.199. The summed E-state index contributed by atoms with van der Waals surface area (Å²) in [6.45, 7) is 5.54. The fraction of sp³-hybridized carbons (Fsp3) is 0.458. The molecule has 0 aliphatic rings. The van der Waals surface area contributed by atoms with Crippen molar-refractivity contribution in [3.63, 3.8) is 0 Å². The van der Waals surface area contributed by atoms with Crippen LogP contribution in [0.1, 0.15) is 64.4 Å². The average Bonchev–Trinajstić information content (AvgIpc) is 2.73. The highest BCUT2D eigenvalue weighted by molar-refractivity contribution is 6.30. The number of nitrogens with one attached hydrogen (secondary N) is 1. The zero-order valence-electron chi connectivity index (χ0n) is 17.6. The Balaban J connectivity index is 1.82. The molecular formula is C24H33ClN2O2. The molecule has 0 aromatic heterocycles. The van der Waals surface area contributed by atoms with Gasteiger partial charge >= 0.3 is 0 Å². The first-order valence-electron chi connectivity index (χ1n) is 10.7. The third-order valence-corrected chi connectivity index (χ3v) is 4.78. The van der Waals surface area contributed by atoms with E-state index in [1.807, 2.05) is 49.4 Å². The fourth-order valence-corrected chi connectivity index (χ4v) is 3.07. The number of unbranched alkanes of at least 4 members (excludes halogenated alkanes) is 6. The first-order valence-corrected chi connectivity index (χ1v) is 11.0. The summed E-state index contributed by atoms with van der Waals surface area (Å²) in [4.78, 5) is 0. The Hall–Kier alpha value is -2.20. The monoisotopic (exact) mass is 416 g/mol. The lowest BCUT2D eigenvalue weighted by Gasteiger charge is -2.12. The summed E-state index contributed by atoms with van der Waals surface area (Å²) >= 11 is 5.89. The molecule has 2 aromatic rings. The lowest BCUT2D eigenvalue weighted by atomic mass is 10.1. The van der Waals surface area contributed by atoms with Crippen molar-refractivity contribution in [2.75, 3.05) is 18.6 Å². The molecule has 0 amide bonds. The molecule has 4 nitrogen and oxygen atoms in total.